The summed E-state index contributed by atoms with van der Waals surface area (Å²) in [6, 6.07) is 6.37. The number of hydrogen-bond donors (Lipinski definition) is 2. The second-order valence-electron chi connectivity index (χ2n) is 6.76. The average Bonchev–Trinajstić information content (AvgIpc) is 3.51. The van der Waals surface area contributed by atoms with Gasteiger partial charge in [0.25, 0.3) is 11.8 Å². The van der Waals surface area contributed by atoms with Gasteiger partial charge >= 0.3 is 0 Å². The molecule has 0 spiro atoms. The molecule has 1 aromatic heterocycles. The lowest BCUT2D eigenvalue weighted by Crippen LogP contribution is -2.27. The fraction of sp³-hybridized carbons (Fsp3) is 0.381. The number of carbonyl (C=O) groups is 2. The van der Waals surface area contributed by atoms with Gasteiger partial charge in [0.15, 0.2) is 0 Å². The zero-order valence-electron chi connectivity index (χ0n) is 16.0. The largest absolute Gasteiger partial charge is 0.380 e. The number of pyridine rings is 1. The molecule has 3 rings (SSSR count). The van der Waals surface area contributed by atoms with E-state index >= 15 is 0 Å². The smallest absolute Gasteiger partial charge is 0.252 e. The summed E-state index contributed by atoms with van der Waals surface area (Å²) in [6.07, 6.45) is 3.37. The van der Waals surface area contributed by atoms with Crippen LogP contribution in [0.25, 0.3) is 11.3 Å². The first-order valence-electron chi connectivity index (χ1n) is 9.43. The number of ether oxygens (including phenoxy) is 1. The van der Waals surface area contributed by atoms with Crippen LogP contribution in [0.5, 0.6) is 0 Å². The number of carbonyl (C=O) groups excluding carboxylic acids is 2. The van der Waals surface area contributed by atoms with Crippen molar-refractivity contribution < 1.29 is 18.7 Å². The van der Waals surface area contributed by atoms with E-state index in [-0.39, 0.29) is 23.4 Å². The summed E-state index contributed by atoms with van der Waals surface area (Å²) in [4.78, 5) is 28.7. The predicted molar refractivity (Wildman–Crippen MR) is 104 cm³/mol. The Labute approximate surface area is 163 Å². The third kappa shape index (κ3) is 4.92. The van der Waals surface area contributed by atoms with Crippen LogP contribution in [0.4, 0.5) is 4.39 Å². The highest BCUT2D eigenvalue weighted by Crippen LogP contribution is 2.26. The highest BCUT2D eigenvalue weighted by molar-refractivity contribution is 5.96. The van der Waals surface area contributed by atoms with E-state index in [1.165, 1.54) is 12.3 Å². The number of aromatic nitrogens is 1. The van der Waals surface area contributed by atoms with Gasteiger partial charge in [0.2, 0.25) is 0 Å². The van der Waals surface area contributed by atoms with Gasteiger partial charge in [-0.3, -0.25) is 14.6 Å². The van der Waals surface area contributed by atoms with Crippen LogP contribution in [-0.4, -0.2) is 42.6 Å². The molecule has 1 fully saturated rings. The molecule has 28 heavy (non-hydrogen) atoms. The Morgan fingerprint density at radius 1 is 1.21 bits per heavy atom. The van der Waals surface area contributed by atoms with E-state index in [9.17, 15) is 14.0 Å². The molecule has 148 valence electrons. The second kappa shape index (κ2) is 8.93. The highest BCUT2D eigenvalue weighted by atomic mass is 19.1. The van der Waals surface area contributed by atoms with Gasteiger partial charge in [0.05, 0.1) is 17.9 Å². The van der Waals surface area contributed by atoms with Crippen molar-refractivity contribution in [2.75, 3.05) is 19.8 Å². The number of amides is 2. The summed E-state index contributed by atoms with van der Waals surface area (Å²) in [5.74, 6) is -0.995. The van der Waals surface area contributed by atoms with E-state index in [4.69, 9.17) is 4.74 Å². The number of halogens is 1. The molecule has 1 aliphatic rings. The Bertz CT molecular complexity index is 864. The van der Waals surface area contributed by atoms with Crippen molar-refractivity contribution in [2.45, 2.75) is 32.7 Å². The van der Waals surface area contributed by atoms with Crippen molar-refractivity contribution in [3.05, 3.63) is 53.0 Å². The molecule has 0 saturated heterocycles. The molecule has 1 aliphatic carbocycles. The molecule has 0 bridgehead atoms. The van der Waals surface area contributed by atoms with Crippen molar-refractivity contribution in [1.82, 2.24) is 15.6 Å². The van der Waals surface area contributed by atoms with Gasteiger partial charge in [-0.05, 0) is 56.5 Å². The summed E-state index contributed by atoms with van der Waals surface area (Å²) in [5, 5.41) is 5.60. The first kappa shape index (κ1) is 19.9. The molecule has 0 unspecified atom stereocenters. The Hall–Kier alpha value is -2.80. The van der Waals surface area contributed by atoms with Crippen LogP contribution in [0.15, 0.2) is 30.5 Å². The maximum atomic E-state index is 14.4. The van der Waals surface area contributed by atoms with Crippen molar-refractivity contribution >= 4 is 11.8 Å². The van der Waals surface area contributed by atoms with Crippen LogP contribution in [0, 0.1) is 12.7 Å². The monoisotopic (exact) mass is 385 g/mol. The summed E-state index contributed by atoms with van der Waals surface area (Å²) >= 11 is 0. The number of hydrogen-bond acceptors (Lipinski definition) is 4. The maximum Gasteiger partial charge on any atom is 0.252 e. The molecule has 1 saturated carbocycles. The predicted octanol–water partition coefficient (Wildman–Crippen LogP) is 2.85. The number of nitrogens with one attached hydrogen (secondary N) is 2. The zero-order chi connectivity index (χ0) is 20.1. The minimum absolute atomic E-state index is 0.193. The van der Waals surface area contributed by atoms with E-state index in [0.717, 1.165) is 12.8 Å². The summed E-state index contributed by atoms with van der Waals surface area (Å²) < 4.78 is 19.5. The summed E-state index contributed by atoms with van der Waals surface area (Å²) in [7, 11) is 0. The van der Waals surface area contributed by atoms with Crippen LogP contribution >= 0.6 is 0 Å². The van der Waals surface area contributed by atoms with Crippen molar-refractivity contribution in [2.24, 2.45) is 0 Å². The summed E-state index contributed by atoms with van der Waals surface area (Å²) in [5.41, 5.74) is 2.11. The fourth-order valence-electron chi connectivity index (χ4n) is 2.74. The van der Waals surface area contributed by atoms with Crippen LogP contribution < -0.4 is 10.6 Å². The Morgan fingerprint density at radius 3 is 2.64 bits per heavy atom. The zero-order valence-corrected chi connectivity index (χ0v) is 16.0. The van der Waals surface area contributed by atoms with Gasteiger partial charge < -0.3 is 15.4 Å². The van der Waals surface area contributed by atoms with Gasteiger partial charge in [-0.25, -0.2) is 4.39 Å². The molecule has 2 N–H and O–H groups in total. The van der Waals surface area contributed by atoms with Crippen molar-refractivity contribution in [1.29, 1.82) is 0 Å². The molecule has 2 amide bonds. The molecule has 0 atom stereocenters. The lowest BCUT2D eigenvalue weighted by Gasteiger charge is -2.11. The molecule has 7 heteroatoms. The van der Waals surface area contributed by atoms with Gasteiger partial charge in [0.1, 0.15) is 5.82 Å². The third-order valence-corrected chi connectivity index (χ3v) is 4.56. The molecule has 0 radical (unpaired) electrons. The van der Waals surface area contributed by atoms with Crippen LogP contribution in [0.1, 0.15) is 46.0 Å². The first-order valence-corrected chi connectivity index (χ1v) is 9.43. The van der Waals surface area contributed by atoms with Gasteiger partial charge in [-0.1, -0.05) is 0 Å². The molecule has 6 nitrogen and oxygen atoms in total. The minimum Gasteiger partial charge on any atom is -0.380 e. The van der Waals surface area contributed by atoms with E-state index < -0.39 is 5.82 Å². The van der Waals surface area contributed by atoms with E-state index in [0.29, 0.717) is 42.1 Å². The van der Waals surface area contributed by atoms with Crippen molar-refractivity contribution in [3.63, 3.8) is 0 Å². The second-order valence-corrected chi connectivity index (χ2v) is 6.76. The molecule has 1 heterocycles. The van der Waals surface area contributed by atoms with Gasteiger partial charge in [0, 0.05) is 36.5 Å². The number of benzene rings is 1. The number of rotatable bonds is 8. The van der Waals surface area contributed by atoms with Gasteiger partial charge in [-0.2, -0.15) is 0 Å². The van der Waals surface area contributed by atoms with E-state index in [2.05, 4.69) is 15.6 Å². The van der Waals surface area contributed by atoms with Gasteiger partial charge in [-0.15, -0.1) is 0 Å². The lowest BCUT2D eigenvalue weighted by molar-refractivity contribution is 0.0920. The lowest BCUT2D eigenvalue weighted by atomic mass is 10.00. The molecule has 0 aliphatic heterocycles. The van der Waals surface area contributed by atoms with Crippen molar-refractivity contribution in [3.8, 4) is 11.3 Å². The standard InChI is InChI=1S/C21H24FN3O3/c1-3-28-9-8-23-20(26)14-4-7-19(24-12-14)17-10-15(11-18(22)13(17)2)21(27)25-16-5-6-16/h4,7,10-12,16H,3,5-6,8-9H2,1-2H3,(H,23,26)(H,25,27). The molecule has 2 aromatic rings. The minimum atomic E-state index is -0.460. The Kier molecular flexibility index (Phi) is 6.36. The fourth-order valence-corrected chi connectivity index (χ4v) is 2.74. The Morgan fingerprint density at radius 2 is 2.00 bits per heavy atom. The first-order chi connectivity index (χ1) is 13.5. The topological polar surface area (TPSA) is 80.3 Å². The molecular weight excluding hydrogens is 361 g/mol. The SMILES string of the molecule is CCOCCNC(=O)c1ccc(-c2cc(C(=O)NC3CC3)cc(F)c2C)nc1. The van der Waals surface area contributed by atoms with E-state index in [1.807, 2.05) is 6.92 Å². The molecule has 1 aromatic carbocycles. The summed E-state index contributed by atoms with van der Waals surface area (Å²) in [6.45, 7) is 4.99. The van der Waals surface area contributed by atoms with Crippen LogP contribution in [-0.2, 0) is 4.74 Å². The normalized spacial score (nSPS) is 13.2. The van der Waals surface area contributed by atoms with Crippen LogP contribution in [0.2, 0.25) is 0 Å². The third-order valence-electron chi connectivity index (χ3n) is 4.56. The highest BCUT2D eigenvalue weighted by Gasteiger charge is 2.24. The molecular formula is C21H24FN3O3. The van der Waals surface area contributed by atoms with E-state index in [1.54, 1.807) is 25.1 Å². The average molecular weight is 385 g/mol. The number of nitrogens with zero attached hydrogens (tertiary/aromatic N) is 1. The Balaban J connectivity index is 1.76. The maximum absolute atomic E-state index is 14.4. The van der Waals surface area contributed by atoms with Crippen LogP contribution in [0.3, 0.4) is 0 Å². The quantitative estimate of drug-likeness (QED) is 0.685.